The average Bonchev–Trinajstić information content (AvgIpc) is 2.56. The predicted octanol–water partition coefficient (Wildman–Crippen LogP) is 4.37. The van der Waals surface area contributed by atoms with Crippen molar-refractivity contribution in [1.29, 1.82) is 0 Å². The van der Waals surface area contributed by atoms with Crippen LogP contribution in [0.2, 0.25) is 5.02 Å². The molecule has 2 rings (SSSR count). The number of carbonyl (C=O) groups excluding carboxylic acids is 2. The Morgan fingerprint density at radius 1 is 1.24 bits per heavy atom. The van der Waals surface area contributed by atoms with Crippen LogP contribution in [0.3, 0.4) is 0 Å². The van der Waals surface area contributed by atoms with E-state index in [4.69, 9.17) is 16.3 Å². The van der Waals surface area contributed by atoms with Crippen molar-refractivity contribution >= 4 is 35.2 Å². The number of hydrogen-bond acceptors (Lipinski definition) is 3. The van der Waals surface area contributed by atoms with E-state index in [0.29, 0.717) is 11.3 Å². The van der Waals surface area contributed by atoms with Crippen LogP contribution in [0.25, 0.3) is 6.08 Å². The SMILES string of the molecule is Cc1cccc(NC(=O)[C@@H](C)OC(=O)/C=C/c2ccc(F)c(Cl)c2)c1. The number of carbonyl (C=O) groups is 2. The Kier molecular flexibility index (Phi) is 6.31. The minimum absolute atomic E-state index is 0.0404. The molecule has 0 fully saturated rings. The summed E-state index contributed by atoms with van der Waals surface area (Å²) in [4.78, 5) is 23.8. The molecule has 0 spiro atoms. The molecule has 4 nitrogen and oxygen atoms in total. The van der Waals surface area contributed by atoms with Crippen LogP contribution < -0.4 is 5.32 Å². The van der Waals surface area contributed by atoms with Crippen LogP contribution in [0.4, 0.5) is 10.1 Å². The lowest BCUT2D eigenvalue weighted by Crippen LogP contribution is -2.29. The van der Waals surface area contributed by atoms with Crippen molar-refractivity contribution in [2.24, 2.45) is 0 Å². The van der Waals surface area contributed by atoms with Gasteiger partial charge in [0, 0.05) is 11.8 Å². The van der Waals surface area contributed by atoms with E-state index in [1.165, 1.54) is 31.2 Å². The van der Waals surface area contributed by atoms with Gasteiger partial charge >= 0.3 is 5.97 Å². The highest BCUT2D eigenvalue weighted by atomic mass is 35.5. The third-order valence-corrected chi connectivity index (χ3v) is 3.59. The number of anilines is 1. The molecule has 0 bridgehead atoms. The number of rotatable bonds is 5. The normalized spacial score (nSPS) is 12.0. The van der Waals surface area contributed by atoms with Crippen LogP contribution in [0, 0.1) is 12.7 Å². The third kappa shape index (κ3) is 5.72. The molecule has 1 atom stereocenters. The quantitative estimate of drug-likeness (QED) is 0.635. The molecule has 0 saturated heterocycles. The Morgan fingerprint density at radius 3 is 2.68 bits per heavy atom. The van der Waals surface area contributed by atoms with E-state index < -0.39 is 23.8 Å². The Labute approximate surface area is 150 Å². The second-order valence-electron chi connectivity index (χ2n) is 5.44. The van der Waals surface area contributed by atoms with Gasteiger partial charge in [0.15, 0.2) is 6.10 Å². The van der Waals surface area contributed by atoms with Crippen molar-refractivity contribution in [2.75, 3.05) is 5.32 Å². The molecular weight excluding hydrogens is 345 g/mol. The number of aryl methyl sites for hydroxylation is 1. The predicted molar refractivity (Wildman–Crippen MR) is 95.8 cm³/mol. The van der Waals surface area contributed by atoms with Crippen LogP contribution >= 0.6 is 11.6 Å². The topological polar surface area (TPSA) is 55.4 Å². The lowest BCUT2D eigenvalue weighted by molar-refractivity contribution is -0.148. The minimum atomic E-state index is -0.963. The van der Waals surface area contributed by atoms with Gasteiger partial charge in [-0.15, -0.1) is 0 Å². The van der Waals surface area contributed by atoms with E-state index in [0.717, 1.165) is 11.6 Å². The molecule has 0 aliphatic carbocycles. The number of nitrogens with one attached hydrogen (secondary N) is 1. The number of esters is 1. The first kappa shape index (κ1) is 18.7. The maximum Gasteiger partial charge on any atom is 0.331 e. The summed E-state index contributed by atoms with van der Waals surface area (Å²) in [6.07, 6.45) is 1.62. The molecule has 0 heterocycles. The monoisotopic (exact) mass is 361 g/mol. The summed E-state index contributed by atoms with van der Waals surface area (Å²) >= 11 is 5.67. The zero-order valence-corrected chi connectivity index (χ0v) is 14.5. The summed E-state index contributed by atoms with van der Waals surface area (Å²) in [7, 11) is 0. The standard InChI is InChI=1S/C19H17ClFNO3/c1-12-4-3-5-15(10-12)22-19(24)13(2)25-18(23)9-7-14-6-8-17(21)16(20)11-14/h3-11,13H,1-2H3,(H,22,24)/b9-7+/t13-/m1/s1. The second-order valence-corrected chi connectivity index (χ2v) is 5.85. The van der Waals surface area contributed by atoms with E-state index in [9.17, 15) is 14.0 Å². The van der Waals surface area contributed by atoms with Crippen molar-refractivity contribution in [3.05, 3.63) is 70.5 Å². The van der Waals surface area contributed by atoms with Crippen molar-refractivity contribution in [2.45, 2.75) is 20.0 Å². The highest BCUT2D eigenvalue weighted by molar-refractivity contribution is 6.30. The van der Waals surface area contributed by atoms with Gasteiger partial charge in [-0.3, -0.25) is 4.79 Å². The van der Waals surface area contributed by atoms with Gasteiger partial charge in [-0.1, -0.05) is 29.8 Å². The van der Waals surface area contributed by atoms with Crippen LogP contribution in [-0.4, -0.2) is 18.0 Å². The second kappa shape index (κ2) is 8.44. The maximum atomic E-state index is 13.1. The molecule has 0 unspecified atom stereocenters. The summed E-state index contributed by atoms with van der Waals surface area (Å²) in [6.45, 7) is 3.39. The number of benzene rings is 2. The molecule has 0 radical (unpaired) electrons. The van der Waals surface area contributed by atoms with Gasteiger partial charge in [0.2, 0.25) is 0 Å². The van der Waals surface area contributed by atoms with Crippen molar-refractivity contribution in [3.63, 3.8) is 0 Å². The van der Waals surface area contributed by atoms with E-state index in [1.54, 1.807) is 6.07 Å². The zero-order chi connectivity index (χ0) is 18.4. The van der Waals surface area contributed by atoms with Gasteiger partial charge in [0.05, 0.1) is 5.02 Å². The van der Waals surface area contributed by atoms with Gasteiger partial charge < -0.3 is 10.1 Å². The van der Waals surface area contributed by atoms with E-state index in [1.807, 2.05) is 25.1 Å². The first-order valence-corrected chi connectivity index (χ1v) is 7.94. The summed E-state index contributed by atoms with van der Waals surface area (Å²) in [5.41, 5.74) is 2.17. The first-order chi connectivity index (χ1) is 11.8. The number of amides is 1. The van der Waals surface area contributed by atoms with Gasteiger partial charge in [0.1, 0.15) is 5.82 Å². The molecule has 0 saturated carbocycles. The molecule has 2 aromatic carbocycles. The fraction of sp³-hybridized carbons (Fsp3) is 0.158. The average molecular weight is 362 g/mol. The Bertz CT molecular complexity index is 820. The summed E-state index contributed by atoms with van der Waals surface area (Å²) < 4.78 is 18.1. The third-order valence-electron chi connectivity index (χ3n) is 3.30. The lowest BCUT2D eigenvalue weighted by atomic mass is 10.2. The van der Waals surface area contributed by atoms with Crippen molar-refractivity contribution in [3.8, 4) is 0 Å². The number of hydrogen-bond donors (Lipinski definition) is 1. The Balaban J connectivity index is 1.91. The molecule has 0 aromatic heterocycles. The van der Waals surface area contributed by atoms with Gasteiger partial charge in [-0.2, -0.15) is 0 Å². The van der Waals surface area contributed by atoms with Crippen LogP contribution in [0.15, 0.2) is 48.5 Å². The molecule has 1 N–H and O–H groups in total. The molecule has 0 aliphatic heterocycles. The smallest absolute Gasteiger partial charge is 0.331 e. The highest BCUT2D eigenvalue weighted by Crippen LogP contribution is 2.17. The van der Waals surface area contributed by atoms with Gasteiger partial charge in [0.25, 0.3) is 5.91 Å². The molecule has 1 amide bonds. The highest BCUT2D eigenvalue weighted by Gasteiger charge is 2.16. The Morgan fingerprint density at radius 2 is 2.00 bits per heavy atom. The molecule has 25 heavy (non-hydrogen) atoms. The Hall–Kier alpha value is -2.66. The fourth-order valence-electron chi connectivity index (χ4n) is 2.01. The van der Waals surface area contributed by atoms with Crippen molar-refractivity contribution < 1.29 is 18.7 Å². The molecule has 6 heteroatoms. The van der Waals surface area contributed by atoms with E-state index >= 15 is 0 Å². The molecular formula is C19H17ClFNO3. The number of halogens is 2. The summed E-state index contributed by atoms with van der Waals surface area (Å²) in [6, 6.07) is 11.3. The zero-order valence-electron chi connectivity index (χ0n) is 13.8. The molecule has 2 aromatic rings. The fourth-order valence-corrected chi connectivity index (χ4v) is 2.20. The molecule has 130 valence electrons. The minimum Gasteiger partial charge on any atom is -0.449 e. The van der Waals surface area contributed by atoms with Crippen LogP contribution in [-0.2, 0) is 14.3 Å². The van der Waals surface area contributed by atoms with Crippen LogP contribution in [0.5, 0.6) is 0 Å². The summed E-state index contributed by atoms with van der Waals surface area (Å²) in [5.74, 6) is -1.66. The maximum absolute atomic E-state index is 13.1. The van der Waals surface area contributed by atoms with E-state index in [2.05, 4.69) is 5.32 Å². The summed E-state index contributed by atoms with van der Waals surface area (Å²) in [5, 5.41) is 2.64. The number of ether oxygens (including phenoxy) is 1. The van der Waals surface area contributed by atoms with Gasteiger partial charge in [-0.25, -0.2) is 9.18 Å². The van der Waals surface area contributed by atoms with E-state index in [-0.39, 0.29) is 5.02 Å². The van der Waals surface area contributed by atoms with Crippen molar-refractivity contribution in [1.82, 2.24) is 0 Å². The van der Waals surface area contributed by atoms with Crippen LogP contribution in [0.1, 0.15) is 18.1 Å². The van der Waals surface area contributed by atoms with Gasteiger partial charge in [-0.05, 0) is 55.3 Å². The largest absolute Gasteiger partial charge is 0.449 e. The first-order valence-electron chi connectivity index (χ1n) is 7.56. The lowest BCUT2D eigenvalue weighted by Gasteiger charge is -2.12. The molecule has 0 aliphatic rings.